The van der Waals surface area contributed by atoms with Gasteiger partial charge >= 0.3 is 0 Å². The third-order valence-corrected chi connectivity index (χ3v) is 2.89. The first-order valence-electron chi connectivity index (χ1n) is 5.94. The van der Waals surface area contributed by atoms with Crippen LogP contribution in [0.3, 0.4) is 0 Å². The summed E-state index contributed by atoms with van der Waals surface area (Å²) in [6.07, 6.45) is 0. The average Bonchev–Trinajstić information content (AvgIpc) is 2.48. The van der Waals surface area contributed by atoms with E-state index in [0.717, 1.165) is 12.1 Å². The number of halogens is 1. The number of nitrogens with zero attached hydrogens (tertiary/aromatic N) is 2. The molecule has 0 heterocycles. The fourth-order valence-electron chi connectivity index (χ4n) is 1.90. The van der Waals surface area contributed by atoms with Crippen LogP contribution in [0.2, 0.25) is 0 Å². The zero-order chi connectivity index (χ0) is 15.4. The first-order chi connectivity index (χ1) is 10.0. The molecule has 0 bridgehead atoms. The normalized spacial score (nSPS) is 11.4. The van der Waals surface area contributed by atoms with Crippen LogP contribution in [0.1, 0.15) is 11.1 Å². The van der Waals surface area contributed by atoms with Gasteiger partial charge in [0.15, 0.2) is 0 Å². The van der Waals surface area contributed by atoms with Gasteiger partial charge in [-0.1, -0.05) is 30.3 Å². The van der Waals surface area contributed by atoms with Crippen LogP contribution >= 0.6 is 0 Å². The van der Waals surface area contributed by atoms with Crippen LogP contribution in [0, 0.1) is 27.3 Å². The van der Waals surface area contributed by atoms with Gasteiger partial charge in [0, 0.05) is 0 Å². The van der Waals surface area contributed by atoms with Gasteiger partial charge in [0.05, 0.1) is 27.8 Å². The van der Waals surface area contributed by atoms with E-state index in [4.69, 9.17) is 5.73 Å². The number of nitro benzene ring substituents is 1. The van der Waals surface area contributed by atoms with Gasteiger partial charge in [-0.05, 0) is 17.7 Å². The van der Waals surface area contributed by atoms with Gasteiger partial charge in [-0.2, -0.15) is 5.26 Å². The van der Waals surface area contributed by atoms with E-state index in [0.29, 0.717) is 5.56 Å². The van der Waals surface area contributed by atoms with E-state index in [1.54, 1.807) is 30.3 Å². The molecule has 5 nitrogen and oxygen atoms in total. The van der Waals surface area contributed by atoms with Gasteiger partial charge in [-0.3, -0.25) is 10.1 Å². The maximum Gasteiger partial charge on any atom is 0.281 e. The van der Waals surface area contributed by atoms with Crippen molar-refractivity contribution < 1.29 is 9.31 Å². The van der Waals surface area contributed by atoms with E-state index >= 15 is 0 Å². The van der Waals surface area contributed by atoms with E-state index < -0.39 is 16.4 Å². The molecule has 0 radical (unpaired) electrons. The number of nitriles is 1. The molecule has 2 N–H and O–H groups in total. The number of hydrogen-bond donors (Lipinski definition) is 1. The van der Waals surface area contributed by atoms with Crippen molar-refractivity contribution in [1.82, 2.24) is 0 Å². The maximum absolute atomic E-state index is 13.2. The molecule has 0 aliphatic rings. The molecule has 104 valence electrons. The lowest BCUT2D eigenvalue weighted by Gasteiger charge is -2.07. The van der Waals surface area contributed by atoms with Gasteiger partial charge in [0.1, 0.15) is 11.9 Å². The highest BCUT2D eigenvalue weighted by Crippen LogP contribution is 2.29. The van der Waals surface area contributed by atoms with Crippen molar-refractivity contribution in [2.45, 2.75) is 0 Å². The summed E-state index contributed by atoms with van der Waals surface area (Å²) in [5, 5.41) is 20.3. The Morgan fingerprint density at radius 3 is 2.48 bits per heavy atom. The zero-order valence-electron chi connectivity index (χ0n) is 10.8. The number of rotatable bonds is 3. The molecule has 0 aliphatic heterocycles. The van der Waals surface area contributed by atoms with E-state index in [1.165, 1.54) is 6.07 Å². The van der Waals surface area contributed by atoms with Crippen LogP contribution in [0.4, 0.5) is 10.1 Å². The minimum absolute atomic E-state index is 0.0156. The maximum atomic E-state index is 13.2. The highest BCUT2D eigenvalue weighted by atomic mass is 19.1. The second-order valence-electron chi connectivity index (χ2n) is 4.19. The van der Waals surface area contributed by atoms with Gasteiger partial charge < -0.3 is 5.73 Å². The molecule has 21 heavy (non-hydrogen) atoms. The summed E-state index contributed by atoms with van der Waals surface area (Å²) >= 11 is 0. The van der Waals surface area contributed by atoms with Crippen molar-refractivity contribution >= 4 is 17.0 Å². The zero-order valence-corrected chi connectivity index (χ0v) is 10.8. The lowest BCUT2D eigenvalue weighted by atomic mass is 10.00. The fourth-order valence-corrected chi connectivity index (χ4v) is 1.90. The van der Waals surface area contributed by atoms with Crippen molar-refractivity contribution in [1.29, 1.82) is 5.26 Å². The molecular formula is C15H10FN3O2. The van der Waals surface area contributed by atoms with Gasteiger partial charge in [-0.25, -0.2) is 4.39 Å². The van der Waals surface area contributed by atoms with Crippen LogP contribution in [0.5, 0.6) is 0 Å². The molecule has 2 aromatic rings. The molecule has 0 unspecified atom stereocenters. The second-order valence-corrected chi connectivity index (χ2v) is 4.19. The summed E-state index contributed by atoms with van der Waals surface area (Å²) in [6, 6.07) is 13.5. The SMILES string of the molecule is N#C/C(=C(/N)c1ccc(F)cc1[N+](=O)[O-])c1ccccc1. The Hall–Kier alpha value is -3.20. The van der Waals surface area contributed by atoms with Crippen LogP contribution in [-0.2, 0) is 0 Å². The Bertz CT molecular complexity index is 764. The number of allylic oxidation sites excluding steroid dienone is 1. The monoisotopic (exact) mass is 283 g/mol. The van der Waals surface area contributed by atoms with E-state index in [2.05, 4.69) is 0 Å². The Labute approximate surface area is 119 Å². The number of hydrogen-bond acceptors (Lipinski definition) is 4. The number of nitrogens with two attached hydrogens (primary N) is 1. The molecule has 0 spiro atoms. The van der Waals surface area contributed by atoms with Crippen LogP contribution in [-0.4, -0.2) is 4.92 Å². The van der Waals surface area contributed by atoms with Crippen LogP contribution in [0.25, 0.3) is 11.3 Å². The quantitative estimate of drug-likeness (QED) is 0.405. The van der Waals surface area contributed by atoms with E-state index in [1.807, 2.05) is 6.07 Å². The molecule has 0 saturated heterocycles. The Kier molecular flexibility index (Phi) is 3.95. The third kappa shape index (κ3) is 2.87. The van der Waals surface area contributed by atoms with Crippen LogP contribution < -0.4 is 5.73 Å². The van der Waals surface area contributed by atoms with Crippen molar-refractivity contribution in [2.24, 2.45) is 5.73 Å². The molecule has 0 saturated carbocycles. The molecule has 0 amide bonds. The Morgan fingerprint density at radius 2 is 1.90 bits per heavy atom. The summed E-state index contributed by atoms with van der Waals surface area (Å²) in [5.74, 6) is -0.739. The largest absolute Gasteiger partial charge is 0.397 e. The summed E-state index contributed by atoms with van der Waals surface area (Å²) in [7, 11) is 0. The predicted octanol–water partition coefficient (Wildman–Crippen LogP) is 3.08. The molecule has 0 atom stereocenters. The standard InChI is InChI=1S/C15H10FN3O2/c16-11-6-7-12(14(8-11)19(20)21)15(18)13(9-17)10-4-2-1-3-5-10/h1-8H,18H2/b15-13-. The van der Waals surface area contributed by atoms with E-state index in [-0.39, 0.29) is 16.8 Å². The highest BCUT2D eigenvalue weighted by molar-refractivity contribution is 5.97. The predicted molar refractivity (Wildman–Crippen MR) is 76.1 cm³/mol. The second kappa shape index (κ2) is 5.84. The third-order valence-electron chi connectivity index (χ3n) is 2.89. The first kappa shape index (κ1) is 14.2. The van der Waals surface area contributed by atoms with Crippen molar-refractivity contribution in [3.05, 3.63) is 75.6 Å². The van der Waals surface area contributed by atoms with E-state index in [9.17, 15) is 19.8 Å². The molecule has 6 heteroatoms. The highest BCUT2D eigenvalue weighted by Gasteiger charge is 2.19. The summed E-state index contributed by atoms with van der Waals surface area (Å²) in [5.41, 5.74) is 6.02. The van der Waals surface area contributed by atoms with Crippen LogP contribution in [0.15, 0.2) is 48.5 Å². The van der Waals surface area contributed by atoms with Crippen molar-refractivity contribution in [3.63, 3.8) is 0 Å². The lowest BCUT2D eigenvalue weighted by Crippen LogP contribution is -2.04. The molecule has 0 aromatic heterocycles. The van der Waals surface area contributed by atoms with Gasteiger partial charge in [0.25, 0.3) is 5.69 Å². The minimum atomic E-state index is -0.739. The topological polar surface area (TPSA) is 93.0 Å². The minimum Gasteiger partial charge on any atom is -0.397 e. The summed E-state index contributed by atoms with van der Waals surface area (Å²) in [4.78, 5) is 10.3. The first-order valence-corrected chi connectivity index (χ1v) is 5.94. The average molecular weight is 283 g/mol. The van der Waals surface area contributed by atoms with Gasteiger partial charge in [0.2, 0.25) is 0 Å². The number of nitro groups is 1. The van der Waals surface area contributed by atoms with Crippen molar-refractivity contribution in [3.8, 4) is 6.07 Å². The molecular weight excluding hydrogens is 273 g/mol. The van der Waals surface area contributed by atoms with Gasteiger partial charge in [-0.15, -0.1) is 0 Å². The Morgan fingerprint density at radius 1 is 1.24 bits per heavy atom. The molecule has 0 fully saturated rings. The molecule has 2 rings (SSSR count). The molecule has 2 aromatic carbocycles. The fraction of sp³-hybridized carbons (Fsp3) is 0. The molecule has 0 aliphatic carbocycles. The Balaban J connectivity index is 2.68. The summed E-state index contributed by atoms with van der Waals surface area (Å²) in [6.45, 7) is 0. The summed E-state index contributed by atoms with van der Waals surface area (Å²) < 4.78 is 13.2. The lowest BCUT2D eigenvalue weighted by molar-refractivity contribution is -0.385. The smallest absolute Gasteiger partial charge is 0.281 e. The number of benzene rings is 2. The van der Waals surface area contributed by atoms with Crippen molar-refractivity contribution in [2.75, 3.05) is 0 Å².